The molecule has 0 radical (unpaired) electrons. The molecule has 3 aromatic carbocycles. The van der Waals surface area contributed by atoms with Gasteiger partial charge in [-0.25, -0.2) is 4.79 Å². The smallest absolute Gasteiger partial charge is 0.410 e. The van der Waals surface area contributed by atoms with Crippen LogP contribution in [0.2, 0.25) is 0 Å². The summed E-state index contributed by atoms with van der Waals surface area (Å²) in [6.07, 6.45) is 1.97. The summed E-state index contributed by atoms with van der Waals surface area (Å²) in [5.74, 6) is 1.43. The Morgan fingerprint density at radius 1 is 0.872 bits per heavy atom. The Labute approximate surface area is 275 Å². The molecule has 3 fully saturated rings. The fraction of sp³-hybridized carbons (Fsp3) is 0.361. The van der Waals surface area contributed by atoms with Crippen LogP contribution >= 0.6 is 0 Å². The number of piperazine rings is 2. The molecule has 3 N–H and O–H groups in total. The highest BCUT2D eigenvalue weighted by Gasteiger charge is 2.40. The fourth-order valence-corrected chi connectivity index (χ4v) is 6.96. The minimum Gasteiger partial charge on any atom is -0.507 e. The van der Waals surface area contributed by atoms with Crippen LogP contribution in [0.15, 0.2) is 84.9 Å². The van der Waals surface area contributed by atoms with Crippen LogP contribution in [-0.4, -0.2) is 95.7 Å². The van der Waals surface area contributed by atoms with Crippen molar-refractivity contribution in [3.8, 4) is 22.8 Å². The van der Waals surface area contributed by atoms with E-state index in [9.17, 15) is 9.90 Å². The van der Waals surface area contributed by atoms with Gasteiger partial charge in [-0.05, 0) is 60.9 Å². The molecule has 0 spiro atoms. The van der Waals surface area contributed by atoms with E-state index in [1.54, 1.807) is 17.0 Å². The third kappa shape index (κ3) is 6.90. The fourth-order valence-electron chi connectivity index (χ4n) is 6.96. The van der Waals surface area contributed by atoms with E-state index in [0.717, 1.165) is 62.6 Å². The predicted molar refractivity (Wildman–Crippen MR) is 182 cm³/mol. The highest BCUT2D eigenvalue weighted by atomic mass is 16.6. The quantitative estimate of drug-likeness (QED) is 0.270. The summed E-state index contributed by atoms with van der Waals surface area (Å²) in [5.41, 5.74) is 10.6. The van der Waals surface area contributed by atoms with E-state index >= 15 is 0 Å². The summed E-state index contributed by atoms with van der Waals surface area (Å²) in [6, 6.07) is 28.0. The molecule has 4 heterocycles. The molecule has 1 amide bonds. The number of benzene rings is 3. The molecule has 3 aliphatic rings. The first-order valence-electron chi connectivity index (χ1n) is 16.4. The molecule has 2 atom stereocenters. The molecule has 47 heavy (non-hydrogen) atoms. The number of rotatable bonds is 9. The lowest BCUT2D eigenvalue weighted by atomic mass is 10.1. The lowest BCUT2D eigenvalue weighted by Gasteiger charge is -2.43. The average Bonchev–Trinajstić information content (AvgIpc) is 3.37. The van der Waals surface area contributed by atoms with Crippen molar-refractivity contribution in [2.45, 2.75) is 31.5 Å². The Kier molecular flexibility index (Phi) is 8.96. The molecule has 11 heteroatoms. The van der Waals surface area contributed by atoms with Crippen molar-refractivity contribution in [3.05, 3.63) is 90.5 Å². The van der Waals surface area contributed by atoms with Gasteiger partial charge in [-0.2, -0.15) is 0 Å². The molecule has 11 nitrogen and oxygen atoms in total. The Balaban J connectivity index is 0.882. The van der Waals surface area contributed by atoms with Gasteiger partial charge in [0.25, 0.3) is 0 Å². The zero-order valence-corrected chi connectivity index (χ0v) is 26.4. The number of anilines is 3. The second kappa shape index (κ2) is 13.8. The first-order valence-corrected chi connectivity index (χ1v) is 16.4. The Morgan fingerprint density at radius 3 is 2.30 bits per heavy atom. The summed E-state index contributed by atoms with van der Waals surface area (Å²) in [7, 11) is 0. The number of aromatic hydroxyl groups is 1. The second-order valence-corrected chi connectivity index (χ2v) is 12.4. The van der Waals surface area contributed by atoms with E-state index in [1.165, 1.54) is 5.69 Å². The average molecular weight is 636 g/mol. The van der Waals surface area contributed by atoms with Crippen LogP contribution in [0.3, 0.4) is 0 Å². The van der Waals surface area contributed by atoms with Crippen LogP contribution in [-0.2, 0) is 11.3 Å². The number of carbonyl (C=O) groups is 1. The van der Waals surface area contributed by atoms with Crippen molar-refractivity contribution in [3.63, 3.8) is 0 Å². The number of aromatic nitrogens is 2. The van der Waals surface area contributed by atoms with E-state index in [-0.39, 0.29) is 11.8 Å². The molecular formula is C36H41N7O4. The van der Waals surface area contributed by atoms with E-state index in [0.29, 0.717) is 55.5 Å². The minimum absolute atomic E-state index is 0.173. The van der Waals surface area contributed by atoms with Crippen molar-refractivity contribution >= 4 is 23.3 Å². The van der Waals surface area contributed by atoms with Crippen LogP contribution in [0.4, 0.5) is 22.0 Å². The van der Waals surface area contributed by atoms with Crippen LogP contribution in [0.5, 0.6) is 11.5 Å². The van der Waals surface area contributed by atoms with E-state index in [2.05, 4.69) is 49.2 Å². The maximum absolute atomic E-state index is 12.5. The van der Waals surface area contributed by atoms with Crippen LogP contribution in [0, 0.1) is 0 Å². The SMILES string of the molecule is Nc1nnc(-c2ccccc2O)cc1N1C[C@H]2CC[C@@H](C1)N2c1ccc(OCCN2CCN(C(=O)OCc3ccccc3)CC2)cc1. The summed E-state index contributed by atoms with van der Waals surface area (Å²) < 4.78 is 11.6. The van der Waals surface area contributed by atoms with Crippen molar-refractivity contribution in [2.24, 2.45) is 0 Å². The van der Waals surface area contributed by atoms with Crippen molar-refractivity contribution in [2.75, 3.05) is 68.0 Å². The number of ether oxygens (including phenoxy) is 2. The molecule has 244 valence electrons. The first-order chi connectivity index (χ1) is 23.0. The number of nitrogen functional groups attached to an aromatic ring is 1. The second-order valence-electron chi connectivity index (χ2n) is 12.4. The van der Waals surface area contributed by atoms with Crippen LogP contribution in [0.25, 0.3) is 11.3 Å². The van der Waals surface area contributed by atoms with Crippen LogP contribution in [0.1, 0.15) is 18.4 Å². The van der Waals surface area contributed by atoms with Gasteiger partial charge in [-0.3, -0.25) is 4.90 Å². The minimum atomic E-state index is -0.253. The number of nitrogens with two attached hydrogens (primary N) is 1. The highest BCUT2D eigenvalue weighted by molar-refractivity contribution is 5.74. The maximum atomic E-state index is 12.5. The number of phenols is 1. The van der Waals surface area contributed by atoms with Gasteiger partial charge in [0, 0.05) is 69.1 Å². The summed E-state index contributed by atoms with van der Waals surface area (Å²) in [5, 5.41) is 18.8. The van der Waals surface area contributed by atoms with Crippen molar-refractivity contribution in [1.82, 2.24) is 20.0 Å². The molecule has 0 unspecified atom stereocenters. The topological polar surface area (TPSA) is 121 Å². The van der Waals surface area contributed by atoms with Crippen molar-refractivity contribution in [1.29, 1.82) is 0 Å². The molecule has 3 saturated heterocycles. The number of fused-ring (bicyclic) bond motifs is 2. The Hall–Kier alpha value is -5.03. The van der Waals surface area contributed by atoms with Gasteiger partial charge in [-0.15, -0.1) is 10.2 Å². The van der Waals surface area contributed by atoms with Crippen LogP contribution < -0.4 is 20.3 Å². The van der Waals surface area contributed by atoms with Crippen molar-refractivity contribution < 1.29 is 19.4 Å². The van der Waals surface area contributed by atoms with Gasteiger partial charge in [0.1, 0.15) is 24.7 Å². The number of para-hydroxylation sites is 1. The van der Waals surface area contributed by atoms with E-state index < -0.39 is 0 Å². The number of amides is 1. The Bertz CT molecular complexity index is 1650. The number of hydrogen-bond donors (Lipinski definition) is 2. The molecule has 2 bridgehead atoms. The third-order valence-corrected chi connectivity index (χ3v) is 9.45. The zero-order valence-electron chi connectivity index (χ0n) is 26.4. The summed E-state index contributed by atoms with van der Waals surface area (Å²) in [6.45, 7) is 6.27. The normalized spacial score (nSPS) is 19.5. The lowest BCUT2D eigenvalue weighted by Crippen LogP contribution is -2.54. The van der Waals surface area contributed by atoms with Gasteiger partial charge >= 0.3 is 6.09 Å². The zero-order chi connectivity index (χ0) is 32.2. The van der Waals surface area contributed by atoms with E-state index in [4.69, 9.17) is 15.2 Å². The monoisotopic (exact) mass is 635 g/mol. The largest absolute Gasteiger partial charge is 0.507 e. The van der Waals surface area contributed by atoms with Gasteiger partial charge in [0.2, 0.25) is 0 Å². The molecule has 1 aromatic heterocycles. The third-order valence-electron chi connectivity index (χ3n) is 9.45. The predicted octanol–water partition coefficient (Wildman–Crippen LogP) is 4.62. The number of carbonyl (C=O) groups excluding carboxylic acids is 1. The molecule has 3 aliphatic heterocycles. The van der Waals surface area contributed by atoms with Gasteiger partial charge in [0.05, 0.1) is 11.4 Å². The van der Waals surface area contributed by atoms with Gasteiger partial charge in [-0.1, -0.05) is 42.5 Å². The highest BCUT2D eigenvalue weighted by Crippen LogP contribution is 2.39. The first kappa shape index (κ1) is 30.6. The van der Waals surface area contributed by atoms with E-state index in [1.807, 2.05) is 48.5 Å². The molecule has 7 rings (SSSR count). The number of nitrogens with zero attached hydrogens (tertiary/aromatic N) is 6. The number of hydrogen-bond acceptors (Lipinski definition) is 10. The van der Waals surface area contributed by atoms with Gasteiger partial charge in [0.15, 0.2) is 5.82 Å². The number of phenolic OH excluding ortho intramolecular Hbond substituents is 1. The summed E-state index contributed by atoms with van der Waals surface area (Å²) in [4.78, 5) is 21.4. The lowest BCUT2D eigenvalue weighted by molar-refractivity contribution is 0.0684. The van der Waals surface area contributed by atoms with Gasteiger partial charge < -0.3 is 35.0 Å². The maximum Gasteiger partial charge on any atom is 0.410 e. The standard InChI is InChI=1S/C36H41N7O4/c37-35-33(22-32(38-39-35)31-8-4-5-9-34(31)44)42-23-28-10-11-29(24-42)43(28)27-12-14-30(15-13-27)46-21-20-40-16-18-41(19-17-40)36(45)47-25-26-6-2-1-3-7-26/h1-9,12-15,22,28-29,44H,10-11,16-21,23-25H2,(H2,37,39)/t28-,29+. The Morgan fingerprint density at radius 2 is 1.57 bits per heavy atom. The molecule has 0 saturated carbocycles. The summed E-state index contributed by atoms with van der Waals surface area (Å²) >= 11 is 0. The molecule has 4 aromatic rings. The molecular weight excluding hydrogens is 594 g/mol. The molecule has 0 aliphatic carbocycles.